The molecule has 0 unspecified atom stereocenters. The van der Waals surface area contributed by atoms with Gasteiger partial charge in [0.05, 0.1) is 16.8 Å². The Morgan fingerprint density at radius 2 is 1.74 bits per heavy atom. The molecule has 1 aromatic heterocycles. The number of nitrogens with zero attached hydrogens (tertiary/aromatic N) is 2. The summed E-state index contributed by atoms with van der Waals surface area (Å²) in [5.41, 5.74) is 6.07. The van der Waals surface area contributed by atoms with Gasteiger partial charge in [0, 0.05) is 24.0 Å². The molecule has 0 aliphatic carbocycles. The molecular formula is C24H26N2O. The second-order valence-electron chi connectivity index (χ2n) is 7.85. The van der Waals surface area contributed by atoms with Crippen molar-refractivity contribution in [3.05, 3.63) is 65.2 Å². The summed E-state index contributed by atoms with van der Waals surface area (Å²) in [4.78, 5) is 20.2. The number of hydrogen-bond donors (Lipinski definition) is 0. The highest BCUT2D eigenvalue weighted by molar-refractivity contribution is 6.07. The fourth-order valence-electron chi connectivity index (χ4n) is 3.78. The van der Waals surface area contributed by atoms with Crippen LogP contribution in [0.2, 0.25) is 0 Å². The van der Waals surface area contributed by atoms with Gasteiger partial charge in [0.2, 0.25) is 0 Å². The van der Waals surface area contributed by atoms with Crippen LogP contribution in [0.15, 0.2) is 48.5 Å². The second-order valence-corrected chi connectivity index (χ2v) is 7.85. The molecule has 2 heterocycles. The van der Waals surface area contributed by atoms with Gasteiger partial charge in [-0.05, 0) is 61.9 Å². The molecule has 3 heteroatoms. The summed E-state index contributed by atoms with van der Waals surface area (Å²) in [6.45, 7) is 8.17. The maximum Gasteiger partial charge on any atom is 0.254 e. The summed E-state index contributed by atoms with van der Waals surface area (Å²) in [6, 6.07) is 16.3. The van der Waals surface area contributed by atoms with E-state index in [2.05, 4.69) is 39.0 Å². The van der Waals surface area contributed by atoms with E-state index in [-0.39, 0.29) is 5.91 Å². The standard InChI is InChI=1S/C24H26N2O/c1-16-10-12-26(13-11-16)24(27)21-15-23(19-9-8-17(2)18(3)14-19)25-22-7-5-4-6-20(21)22/h4-9,14-16H,10-13H2,1-3H3. The van der Waals surface area contributed by atoms with Crippen LogP contribution in [-0.4, -0.2) is 28.9 Å². The van der Waals surface area contributed by atoms with E-state index in [1.165, 1.54) is 11.1 Å². The van der Waals surface area contributed by atoms with E-state index in [1.807, 2.05) is 35.2 Å². The first kappa shape index (κ1) is 17.7. The van der Waals surface area contributed by atoms with Crippen molar-refractivity contribution in [1.29, 1.82) is 0 Å². The van der Waals surface area contributed by atoms with Crippen molar-refractivity contribution in [3.8, 4) is 11.3 Å². The number of likely N-dealkylation sites (tertiary alicyclic amines) is 1. The number of aromatic nitrogens is 1. The highest BCUT2D eigenvalue weighted by Gasteiger charge is 2.23. The maximum absolute atomic E-state index is 13.3. The van der Waals surface area contributed by atoms with Crippen molar-refractivity contribution in [3.63, 3.8) is 0 Å². The van der Waals surface area contributed by atoms with Crippen LogP contribution in [0, 0.1) is 19.8 Å². The Morgan fingerprint density at radius 1 is 1.00 bits per heavy atom. The highest BCUT2D eigenvalue weighted by atomic mass is 16.2. The zero-order valence-electron chi connectivity index (χ0n) is 16.3. The molecule has 0 N–H and O–H groups in total. The number of pyridine rings is 1. The number of hydrogen-bond acceptors (Lipinski definition) is 2. The number of para-hydroxylation sites is 1. The van der Waals surface area contributed by atoms with Gasteiger partial charge in [0.15, 0.2) is 0 Å². The minimum atomic E-state index is 0.130. The summed E-state index contributed by atoms with van der Waals surface area (Å²) >= 11 is 0. The van der Waals surface area contributed by atoms with Gasteiger partial charge in [0.1, 0.15) is 0 Å². The summed E-state index contributed by atoms with van der Waals surface area (Å²) in [5.74, 6) is 0.833. The first-order valence-electron chi connectivity index (χ1n) is 9.79. The molecule has 3 aromatic rings. The molecule has 1 saturated heterocycles. The smallest absolute Gasteiger partial charge is 0.254 e. The Balaban J connectivity index is 1.81. The second kappa shape index (κ2) is 7.15. The lowest BCUT2D eigenvalue weighted by Crippen LogP contribution is -2.38. The molecular weight excluding hydrogens is 332 g/mol. The molecule has 1 fully saturated rings. The first-order chi connectivity index (χ1) is 13.0. The van der Waals surface area contributed by atoms with E-state index in [9.17, 15) is 4.79 Å². The zero-order valence-corrected chi connectivity index (χ0v) is 16.3. The Kier molecular flexibility index (Phi) is 4.69. The van der Waals surface area contributed by atoms with Crippen molar-refractivity contribution in [2.75, 3.05) is 13.1 Å². The van der Waals surface area contributed by atoms with Crippen LogP contribution in [0.25, 0.3) is 22.2 Å². The number of carbonyl (C=O) groups excluding carboxylic acids is 1. The molecule has 0 bridgehead atoms. The van der Waals surface area contributed by atoms with Crippen LogP contribution in [0.1, 0.15) is 41.3 Å². The number of aryl methyl sites for hydroxylation is 2. The molecule has 0 radical (unpaired) electrons. The van der Waals surface area contributed by atoms with Gasteiger partial charge in [-0.3, -0.25) is 4.79 Å². The number of rotatable bonds is 2. The molecule has 1 aliphatic heterocycles. The summed E-state index contributed by atoms with van der Waals surface area (Å²) in [5, 5.41) is 0.939. The number of piperidine rings is 1. The Labute approximate surface area is 161 Å². The fraction of sp³-hybridized carbons (Fsp3) is 0.333. The summed E-state index contributed by atoms with van der Waals surface area (Å²) in [6.07, 6.45) is 2.16. The van der Waals surface area contributed by atoms with E-state index in [1.54, 1.807) is 0 Å². The predicted molar refractivity (Wildman–Crippen MR) is 111 cm³/mol. The van der Waals surface area contributed by atoms with Crippen LogP contribution in [0.5, 0.6) is 0 Å². The van der Waals surface area contributed by atoms with E-state index in [0.29, 0.717) is 5.92 Å². The van der Waals surface area contributed by atoms with Crippen LogP contribution >= 0.6 is 0 Å². The van der Waals surface area contributed by atoms with Crippen molar-refractivity contribution in [2.24, 2.45) is 5.92 Å². The van der Waals surface area contributed by atoms with E-state index >= 15 is 0 Å². The number of amides is 1. The van der Waals surface area contributed by atoms with Gasteiger partial charge >= 0.3 is 0 Å². The molecule has 2 aromatic carbocycles. The largest absolute Gasteiger partial charge is 0.339 e. The van der Waals surface area contributed by atoms with Crippen LogP contribution in [-0.2, 0) is 0 Å². The van der Waals surface area contributed by atoms with Gasteiger partial charge in [-0.1, -0.05) is 37.3 Å². The van der Waals surface area contributed by atoms with Gasteiger partial charge < -0.3 is 4.90 Å². The first-order valence-corrected chi connectivity index (χ1v) is 9.79. The normalized spacial score (nSPS) is 15.3. The van der Waals surface area contributed by atoms with E-state index in [4.69, 9.17) is 4.98 Å². The summed E-state index contributed by atoms with van der Waals surface area (Å²) in [7, 11) is 0. The minimum absolute atomic E-state index is 0.130. The van der Waals surface area contributed by atoms with Gasteiger partial charge in [-0.2, -0.15) is 0 Å². The quantitative estimate of drug-likeness (QED) is 0.615. The lowest BCUT2D eigenvalue weighted by atomic mass is 9.97. The molecule has 4 rings (SSSR count). The molecule has 0 spiro atoms. The maximum atomic E-state index is 13.3. The lowest BCUT2D eigenvalue weighted by molar-refractivity contribution is 0.0699. The van der Waals surface area contributed by atoms with Crippen molar-refractivity contribution < 1.29 is 4.79 Å². The van der Waals surface area contributed by atoms with Gasteiger partial charge in [0.25, 0.3) is 5.91 Å². The molecule has 138 valence electrons. The zero-order chi connectivity index (χ0) is 19.0. The van der Waals surface area contributed by atoms with Crippen molar-refractivity contribution >= 4 is 16.8 Å². The SMILES string of the molecule is Cc1ccc(-c2cc(C(=O)N3CCC(C)CC3)c3ccccc3n2)cc1C. The molecule has 1 aliphatic rings. The molecule has 0 saturated carbocycles. The minimum Gasteiger partial charge on any atom is -0.339 e. The van der Waals surface area contributed by atoms with Crippen LogP contribution in [0.4, 0.5) is 0 Å². The third-order valence-electron chi connectivity index (χ3n) is 5.82. The number of benzene rings is 2. The average molecular weight is 358 g/mol. The predicted octanol–water partition coefficient (Wildman–Crippen LogP) is 5.39. The van der Waals surface area contributed by atoms with Crippen LogP contribution in [0.3, 0.4) is 0 Å². The highest BCUT2D eigenvalue weighted by Crippen LogP contribution is 2.28. The fourth-order valence-corrected chi connectivity index (χ4v) is 3.78. The third kappa shape index (κ3) is 3.46. The van der Waals surface area contributed by atoms with Crippen molar-refractivity contribution in [1.82, 2.24) is 9.88 Å². The monoisotopic (exact) mass is 358 g/mol. The van der Waals surface area contributed by atoms with E-state index in [0.717, 1.165) is 53.7 Å². The van der Waals surface area contributed by atoms with Gasteiger partial charge in [-0.25, -0.2) is 4.98 Å². The Morgan fingerprint density at radius 3 is 2.48 bits per heavy atom. The third-order valence-corrected chi connectivity index (χ3v) is 5.82. The molecule has 0 atom stereocenters. The lowest BCUT2D eigenvalue weighted by Gasteiger charge is -2.30. The average Bonchev–Trinajstić information content (AvgIpc) is 2.69. The Hall–Kier alpha value is -2.68. The Bertz CT molecular complexity index is 1000. The molecule has 3 nitrogen and oxygen atoms in total. The van der Waals surface area contributed by atoms with E-state index < -0.39 is 0 Å². The number of carbonyl (C=O) groups is 1. The molecule has 1 amide bonds. The van der Waals surface area contributed by atoms with Crippen LogP contribution < -0.4 is 0 Å². The topological polar surface area (TPSA) is 33.2 Å². The van der Waals surface area contributed by atoms with Gasteiger partial charge in [-0.15, -0.1) is 0 Å². The molecule has 27 heavy (non-hydrogen) atoms. The number of fused-ring (bicyclic) bond motifs is 1. The van der Waals surface area contributed by atoms with Crippen molar-refractivity contribution in [2.45, 2.75) is 33.6 Å². The summed E-state index contributed by atoms with van der Waals surface area (Å²) < 4.78 is 0.